The number of benzene rings is 1. The van der Waals surface area contributed by atoms with Gasteiger partial charge in [-0.25, -0.2) is 8.78 Å². The van der Waals surface area contributed by atoms with Crippen molar-refractivity contribution in [3.63, 3.8) is 0 Å². The molecule has 1 aromatic rings. The Balaban J connectivity index is 1.99. The van der Waals surface area contributed by atoms with Crippen LogP contribution in [0.15, 0.2) is 18.2 Å². The van der Waals surface area contributed by atoms with Crippen molar-refractivity contribution >= 4 is 0 Å². The van der Waals surface area contributed by atoms with Crippen molar-refractivity contribution in [2.75, 3.05) is 19.6 Å². The van der Waals surface area contributed by atoms with Crippen LogP contribution in [0, 0.1) is 23.0 Å². The molecule has 0 saturated carbocycles. The van der Waals surface area contributed by atoms with E-state index in [-0.39, 0.29) is 11.0 Å². The van der Waals surface area contributed by atoms with E-state index in [9.17, 15) is 13.9 Å². The molecule has 2 rings (SSSR count). The Morgan fingerprint density at radius 2 is 2.05 bits per heavy atom. The molecule has 1 aromatic carbocycles. The van der Waals surface area contributed by atoms with Gasteiger partial charge in [0.25, 0.3) is 0 Å². The first-order valence-electron chi connectivity index (χ1n) is 7.13. The Hall–Kier alpha value is -1.00. The SMILES string of the molecule is CC(C)(C)C1CCN(CC(O)c2cccc(F)c2F)C1. The van der Waals surface area contributed by atoms with Crippen LogP contribution in [-0.2, 0) is 0 Å². The first-order chi connectivity index (χ1) is 9.29. The van der Waals surface area contributed by atoms with Crippen molar-refractivity contribution in [1.82, 2.24) is 4.90 Å². The van der Waals surface area contributed by atoms with E-state index in [1.807, 2.05) is 0 Å². The molecule has 1 aliphatic heterocycles. The third-order valence-corrected chi connectivity index (χ3v) is 4.27. The maximum Gasteiger partial charge on any atom is 0.164 e. The summed E-state index contributed by atoms with van der Waals surface area (Å²) in [7, 11) is 0. The quantitative estimate of drug-likeness (QED) is 0.919. The normalized spacial score (nSPS) is 22.2. The number of β-amino-alcohol motifs (C(OH)–C–C–N with tert-alkyl or cyclic N) is 1. The number of likely N-dealkylation sites (tertiary alicyclic amines) is 1. The van der Waals surface area contributed by atoms with Gasteiger partial charge in [-0.15, -0.1) is 0 Å². The van der Waals surface area contributed by atoms with Crippen molar-refractivity contribution in [2.24, 2.45) is 11.3 Å². The molecule has 1 aliphatic rings. The standard InChI is InChI=1S/C16H23F2NO/c1-16(2,3)11-7-8-19(9-11)10-14(20)12-5-4-6-13(17)15(12)18/h4-6,11,14,20H,7-10H2,1-3H3. The zero-order valence-electron chi connectivity index (χ0n) is 12.4. The zero-order chi connectivity index (χ0) is 14.9. The minimum Gasteiger partial charge on any atom is -0.387 e. The molecule has 0 amide bonds. The van der Waals surface area contributed by atoms with Crippen molar-refractivity contribution < 1.29 is 13.9 Å². The molecule has 0 aromatic heterocycles. The predicted octanol–water partition coefficient (Wildman–Crippen LogP) is 3.37. The maximum absolute atomic E-state index is 13.6. The minimum absolute atomic E-state index is 0.0456. The lowest BCUT2D eigenvalue weighted by Gasteiger charge is -2.27. The molecule has 2 unspecified atom stereocenters. The van der Waals surface area contributed by atoms with E-state index in [1.54, 1.807) is 0 Å². The molecule has 0 radical (unpaired) electrons. The molecule has 1 heterocycles. The summed E-state index contributed by atoms with van der Waals surface area (Å²) in [6.07, 6.45) is 0.103. The highest BCUT2D eigenvalue weighted by atomic mass is 19.2. The van der Waals surface area contributed by atoms with Gasteiger partial charge in [0.2, 0.25) is 0 Å². The number of halogens is 2. The van der Waals surface area contributed by atoms with Crippen molar-refractivity contribution in [2.45, 2.75) is 33.3 Å². The Kier molecular flexibility index (Phi) is 4.45. The first kappa shape index (κ1) is 15.4. The van der Waals surface area contributed by atoms with Crippen LogP contribution in [0.2, 0.25) is 0 Å². The van der Waals surface area contributed by atoms with Gasteiger partial charge >= 0.3 is 0 Å². The Morgan fingerprint density at radius 1 is 1.35 bits per heavy atom. The average molecular weight is 283 g/mol. The lowest BCUT2D eigenvalue weighted by atomic mass is 9.80. The average Bonchev–Trinajstić information content (AvgIpc) is 2.81. The van der Waals surface area contributed by atoms with E-state index < -0.39 is 17.7 Å². The van der Waals surface area contributed by atoms with Gasteiger partial charge < -0.3 is 10.0 Å². The highest BCUT2D eigenvalue weighted by Gasteiger charge is 2.32. The van der Waals surface area contributed by atoms with E-state index >= 15 is 0 Å². The minimum atomic E-state index is -0.982. The van der Waals surface area contributed by atoms with Crippen LogP contribution in [0.25, 0.3) is 0 Å². The molecule has 1 fully saturated rings. The summed E-state index contributed by atoms with van der Waals surface area (Å²) in [4.78, 5) is 2.13. The highest BCUT2D eigenvalue weighted by molar-refractivity contribution is 5.21. The molecular formula is C16H23F2NO. The van der Waals surface area contributed by atoms with Gasteiger partial charge in [0.1, 0.15) is 0 Å². The number of aliphatic hydroxyl groups is 1. The molecule has 4 heteroatoms. The molecular weight excluding hydrogens is 260 g/mol. The second kappa shape index (κ2) is 5.78. The molecule has 112 valence electrons. The van der Waals surface area contributed by atoms with Gasteiger partial charge in [-0.1, -0.05) is 32.9 Å². The molecule has 0 aliphatic carbocycles. The van der Waals surface area contributed by atoms with Crippen LogP contribution in [0.3, 0.4) is 0 Å². The monoisotopic (exact) mass is 283 g/mol. The van der Waals surface area contributed by atoms with Crippen molar-refractivity contribution in [3.8, 4) is 0 Å². The number of nitrogens with zero attached hydrogens (tertiary/aromatic N) is 1. The molecule has 2 atom stereocenters. The molecule has 0 bridgehead atoms. The van der Waals surface area contributed by atoms with Crippen LogP contribution in [0.4, 0.5) is 8.78 Å². The molecule has 20 heavy (non-hydrogen) atoms. The van der Waals surface area contributed by atoms with Crippen LogP contribution in [-0.4, -0.2) is 29.6 Å². The topological polar surface area (TPSA) is 23.5 Å². The predicted molar refractivity (Wildman–Crippen MR) is 75.3 cm³/mol. The Morgan fingerprint density at radius 3 is 2.65 bits per heavy atom. The summed E-state index contributed by atoms with van der Waals surface area (Å²) in [5.74, 6) is -1.27. The molecule has 0 spiro atoms. The van der Waals surface area contributed by atoms with E-state index in [1.165, 1.54) is 12.1 Å². The lowest BCUT2D eigenvalue weighted by Crippen LogP contribution is -2.29. The fourth-order valence-electron chi connectivity index (χ4n) is 2.83. The van der Waals surface area contributed by atoms with Crippen LogP contribution >= 0.6 is 0 Å². The number of hydrogen-bond acceptors (Lipinski definition) is 2. The van der Waals surface area contributed by atoms with Gasteiger partial charge in [-0.2, -0.15) is 0 Å². The van der Waals surface area contributed by atoms with Crippen LogP contribution in [0.5, 0.6) is 0 Å². The summed E-state index contributed by atoms with van der Waals surface area (Å²) in [6.45, 7) is 8.79. The zero-order valence-corrected chi connectivity index (χ0v) is 12.4. The largest absolute Gasteiger partial charge is 0.387 e. The summed E-state index contributed by atoms with van der Waals surface area (Å²) in [5.41, 5.74) is 0.285. The second-order valence-corrected chi connectivity index (χ2v) is 6.77. The number of rotatable bonds is 3. The fourth-order valence-corrected chi connectivity index (χ4v) is 2.83. The Bertz CT molecular complexity index is 470. The highest BCUT2D eigenvalue weighted by Crippen LogP contribution is 2.34. The van der Waals surface area contributed by atoms with Gasteiger partial charge in [-0.05, 0) is 30.4 Å². The van der Waals surface area contributed by atoms with Crippen LogP contribution in [0.1, 0.15) is 38.9 Å². The summed E-state index contributed by atoms with van der Waals surface area (Å²) < 4.78 is 26.8. The van der Waals surface area contributed by atoms with Crippen molar-refractivity contribution in [1.29, 1.82) is 0 Å². The van der Waals surface area contributed by atoms with Gasteiger partial charge in [0, 0.05) is 18.7 Å². The summed E-state index contributed by atoms with van der Waals surface area (Å²) in [5, 5.41) is 10.1. The third-order valence-electron chi connectivity index (χ3n) is 4.27. The van der Waals surface area contributed by atoms with E-state index in [4.69, 9.17) is 0 Å². The summed E-state index contributed by atoms with van der Waals surface area (Å²) in [6, 6.07) is 3.94. The maximum atomic E-state index is 13.6. The first-order valence-corrected chi connectivity index (χ1v) is 7.13. The Labute approximate surface area is 119 Å². The van der Waals surface area contributed by atoms with E-state index in [0.717, 1.165) is 25.6 Å². The molecule has 1 saturated heterocycles. The molecule has 1 N–H and O–H groups in total. The second-order valence-electron chi connectivity index (χ2n) is 6.77. The molecule has 2 nitrogen and oxygen atoms in total. The summed E-state index contributed by atoms with van der Waals surface area (Å²) >= 11 is 0. The van der Waals surface area contributed by atoms with Crippen molar-refractivity contribution in [3.05, 3.63) is 35.4 Å². The van der Waals surface area contributed by atoms with Crippen LogP contribution < -0.4 is 0 Å². The lowest BCUT2D eigenvalue weighted by molar-refractivity contribution is 0.115. The van der Waals surface area contributed by atoms with E-state index in [2.05, 4.69) is 25.7 Å². The van der Waals surface area contributed by atoms with E-state index in [0.29, 0.717) is 12.5 Å². The van der Waals surface area contributed by atoms with Gasteiger partial charge in [0.05, 0.1) is 6.10 Å². The van der Waals surface area contributed by atoms with Gasteiger partial charge in [0.15, 0.2) is 11.6 Å². The third kappa shape index (κ3) is 3.36. The van der Waals surface area contributed by atoms with Gasteiger partial charge in [-0.3, -0.25) is 0 Å². The smallest absolute Gasteiger partial charge is 0.164 e. The fraction of sp³-hybridized carbons (Fsp3) is 0.625. The number of aliphatic hydroxyl groups excluding tert-OH is 1. The number of hydrogen-bond donors (Lipinski definition) is 1.